The second-order valence-corrected chi connectivity index (χ2v) is 3.63. The maximum Gasteiger partial charge on any atom is 0.283 e. The van der Waals surface area contributed by atoms with E-state index in [9.17, 15) is 10.1 Å². The van der Waals surface area contributed by atoms with Crippen molar-refractivity contribution in [3.8, 4) is 11.5 Å². The lowest BCUT2D eigenvalue weighted by Crippen LogP contribution is -2.00. The summed E-state index contributed by atoms with van der Waals surface area (Å²) < 4.78 is 10.1. The number of nitrogens with zero attached hydrogens (tertiary/aromatic N) is 5. The largest absolute Gasteiger partial charge is 0.493 e. The molecule has 1 heterocycles. The fraction of sp³-hybridized carbons (Fsp3) is 0.200. The molecule has 0 aliphatic carbocycles. The molecular weight excluding hydrogens is 282 g/mol. The number of aromatic nitrogens is 4. The first kappa shape index (κ1) is 14.2. The van der Waals surface area contributed by atoms with Gasteiger partial charge in [-0.3, -0.25) is 10.1 Å². The van der Waals surface area contributed by atoms with E-state index in [1.165, 1.54) is 32.6 Å². The highest BCUT2D eigenvalue weighted by Gasteiger charge is 2.18. The summed E-state index contributed by atoms with van der Waals surface area (Å²) in [6.07, 6.45) is 1.25. The van der Waals surface area contributed by atoms with E-state index in [4.69, 9.17) is 9.47 Å². The van der Waals surface area contributed by atoms with Gasteiger partial charge in [-0.1, -0.05) is 5.10 Å². The van der Waals surface area contributed by atoms with Gasteiger partial charge in [-0.05, 0) is 11.3 Å². The van der Waals surface area contributed by atoms with Crippen molar-refractivity contribution in [2.24, 2.45) is 5.10 Å². The normalized spacial score (nSPS) is 10.6. The molecule has 11 heteroatoms. The van der Waals surface area contributed by atoms with Crippen molar-refractivity contribution < 1.29 is 14.4 Å². The van der Waals surface area contributed by atoms with Crippen LogP contribution in [0.5, 0.6) is 11.5 Å². The number of hydrogen-bond donors (Lipinski definition) is 2. The Morgan fingerprint density at radius 3 is 2.67 bits per heavy atom. The third-order valence-corrected chi connectivity index (χ3v) is 2.44. The summed E-state index contributed by atoms with van der Waals surface area (Å²) >= 11 is 0. The molecule has 1 aromatic carbocycles. The number of nitrogens with one attached hydrogen (secondary N) is 2. The maximum absolute atomic E-state index is 11.1. The van der Waals surface area contributed by atoms with Crippen LogP contribution in [0.15, 0.2) is 17.2 Å². The van der Waals surface area contributed by atoms with Crippen LogP contribution < -0.4 is 14.9 Å². The van der Waals surface area contributed by atoms with Crippen molar-refractivity contribution in [3.05, 3.63) is 27.8 Å². The third kappa shape index (κ3) is 3.20. The molecule has 0 amide bonds. The first-order chi connectivity index (χ1) is 10.2. The Labute approximate surface area is 118 Å². The van der Waals surface area contributed by atoms with Crippen molar-refractivity contribution in [1.82, 2.24) is 20.6 Å². The van der Waals surface area contributed by atoms with Crippen molar-refractivity contribution in [2.45, 2.75) is 0 Å². The number of methoxy groups -OCH3 is 2. The van der Waals surface area contributed by atoms with Gasteiger partial charge < -0.3 is 9.47 Å². The summed E-state index contributed by atoms with van der Waals surface area (Å²) in [4.78, 5) is 10.5. The minimum absolute atomic E-state index is 0.134. The molecular formula is C10H11N7O4. The average Bonchev–Trinajstić information content (AvgIpc) is 2.99. The zero-order valence-electron chi connectivity index (χ0n) is 11.1. The zero-order valence-corrected chi connectivity index (χ0v) is 11.1. The lowest BCUT2D eigenvalue weighted by molar-refractivity contribution is -0.385. The molecule has 2 rings (SSSR count). The molecule has 0 saturated carbocycles. The smallest absolute Gasteiger partial charge is 0.283 e. The highest BCUT2D eigenvalue weighted by Crippen LogP contribution is 2.33. The monoisotopic (exact) mass is 293 g/mol. The molecule has 2 aromatic rings. The van der Waals surface area contributed by atoms with Crippen LogP contribution in [-0.2, 0) is 0 Å². The number of anilines is 1. The predicted molar refractivity (Wildman–Crippen MR) is 71.6 cm³/mol. The fourth-order valence-electron chi connectivity index (χ4n) is 1.51. The first-order valence-electron chi connectivity index (χ1n) is 5.58. The second-order valence-electron chi connectivity index (χ2n) is 3.63. The minimum Gasteiger partial charge on any atom is -0.493 e. The van der Waals surface area contributed by atoms with Crippen LogP contribution in [0.3, 0.4) is 0 Å². The SMILES string of the molecule is COc1cc(C=NNc2nn[nH]n2)c([N+](=O)[O-])cc1OC. The Kier molecular flexibility index (Phi) is 4.23. The van der Waals surface area contributed by atoms with Gasteiger partial charge in [0.15, 0.2) is 11.5 Å². The number of ether oxygens (including phenoxy) is 2. The molecule has 11 nitrogen and oxygen atoms in total. The average molecular weight is 293 g/mol. The van der Waals surface area contributed by atoms with E-state index in [1.807, 2.05) is 0 Å². The molecule has 0 aliphatic rings. The van der Waals surface area contributed by atoms with E-state index in [-0.39, 0.29) is 22.9 Å². The molecule has 0 spiro atoms. The number of nitro benzene ring substituents is 1. The van der Waals surface area contributed by atoms with Crippen LogP contribution in [0, 0.1) is 10.1 Å². The van der Waals surface area contributed by atoms with Gasteiger partial charge in [0.05, 0.1) is 37.0 Å². The molecule has 0 aliphatic heterocycles. The van der Waals surface area contributed by atoms with Crippen LogP contribution in [0.2, 0.25) is 0 Å². The summed E-state index contributed by atoms with van der Waals surface area (Å²) in [5.41, 5.74) is 2.52. The van der Waals surface area contributed by atoms with Crippen molar-refractivity contribution in [2.75, 3.05) is 19.6 Å². The lowest BCUT2D eigenvalue weighted by Gasteiger charge is -2.08. The number of nitro groups is 1. The topological polar surface area (TPSA) is 140 Å². The summed E-state index contributed by atoms with van der Waals surface area (Å²) in [5, 5.41) is 27.7. The van der Waals surface area contributed by atoms with Gasteiger partial charge >= 0.3 is 0 Å². The maximum atomic E-state index is 11.1. The van der Waals surface area contributed by atoms with Crippen LogP contribution in [0.1, 0.15) is 5.56 Å². The molecule has 21 heavy (non-hydrogen) atoms. The minimum atomic E-state index is -0.544. The van der Waals surface area contributed by atoms with E-state index < -0.39 is 4.92 Å². The molecule has 1 aromatic heterocycles. The second kappa shape index (κ2) is 6.27. The van der Waals surface area contributed by atoms with Gasteiger partial charge in [0.2, 0.25) is 0 Å². The van der Waals surface area contributed by atoms with Gasteiger partial charge in [-0.2, -0.15) is 10.3 Å². The Morgan fingerprint density at radius 2 is 2.10 bits per heavy atom. The van der Waals surface area contributed by atoms with E-state index in [1.54, 1.807) is 0 Å². The molecule has 0 radical (unpaired) electrons. The summed E-state index contributed by atoms with van der Waals surface area (Å²) in [6.45, 7) is 0. The number of rotatable bonds is 6. The molecule has 0 saturated heterocycles. The third-order valence-electron chi connectivity index (χ3n) is 2.44. The van der Waals surface area contributed by atoms with Gasteiger partial charge in [-0.25, -0.2) is 5.43 Å². The Balaban J connectivity index is 2.31. The number of benzene rings is 1. The Morgan fingerprint density at radius 1 is 1.38 bits per heavy atom. The number of H-pyrrole nitrogens is 1. The summed E-state index contributed by atoms with van der Waals surface area (Å²) in [5.74, 6) is 0.742. The zero-order chi connectivity index (χ0) is 15.2. The fourth-order valence-corrected chi connectivity index (χ4v) is 1.51. The molecule has 110 valence electrons. The van der Waals surface area contributed by atoms with Crippen LogP contribution in [-0.4, -0.2) is 46.0 Å². The van der Waals surface area contributed by atoms with Crippen molar-refractivity contribution in [3.63, 3.8) is 0 Å². The van der Waals surface area contributed by atoms with Gasteiger partial charge in [-0.15, -0.1) is 5.10 Å². The molecule has 0 bridgehead atoms. The predicted octanol–water partition coefficient (Wildman–Crippen LogP) is 0.571. The summed E-state index contributed by atoms with van der Waals surface area (Å²) in [7, 11) is 2.83. The van der Waals surface area contributed by atoms with Crippen LogP contribution in [0.4, 0.5) is 11.6 Å². The molecule has 0 unspecified atom stereocenters. The van der Waals surface area contributed by atoms with Crippen molar-refractivity contribution >= 4 is 17.9 Å². The highest BCUT2D eigenvalue weighted by molar-refractivity contribution is 5.87. The van der Waals surface area contributed by atoms with Gasteiger partial charge in [0.25, 0.3) is 11.6 Å². The van der Waals surface area contributed by atoms with E-state index in [2.05, 4.69) is 31.2 Å². The van der Waals surface area contributed by atoms with Crippen LogP contribution in [0.25, 0.3) is 0 Å². The number of hydrazone groups is 1. The Hall–Kier alpha value is -3.24. The van der Waals surface area contributed by atoms with E-state index in [0.717, 1.165) is 0 Å². The number of tetrazole rings is 1. The van der Waals surface area contributed by atoms with Crippen molar-refractivity contribution in [1.29, 1.82) is 0 Å². The molecule has 0 fully saturated rings. The quantitative estimate of drug-likeness (QED) is 0.447. The van der Waals surface area contributed by atoms with E-state index >= 15 is 0 Å². The molecule has 2 N–H and O–H groups in total. The van der Waals surface area contributed by atoms with Gasteiger partial charge in [0.1, 0.15) is 0 Å². The first-order valence-corrected chi connectivity index (χ1v) is 5.58. The van der Waals surface area contributed by atoms with Crippen LogP contribution >= 0.6 is 0 Å². The standard InChI is InChI=1S/C10H11N7O4/c1-20-8-3-6(5-11-12-10-13-15-16-14-10)7(17(18)19)4-9(8)21-2/h3-5H,1-2H3,(H2,12,13,14,15,16). The Bertz CT molecular complexity index is 656. The summed E-state index contributed by atoms with van der Waals surface area (Å²) in [6, 6.07) is 2.70. The van der Waals surface area contributed by atoms with Gasteiger partial charge in [0, 0.05) is 0 Å². The molecule has 0 atom stereocenters. The highest BCUT2D eigenvalue weighted by atomic mass is 16.6. The number of hydrogen-bond acceptors (Lipinski definition) is 9. The lowest BCUT2D eigenvalue weighted by atomic mass is 10.1. The van der Waals surface area contributed by atoms with E-state index in [0.29, 0.717) is 5.75 Å². The number of aromatic amines is 1.